The number of alkyl halides is 1. The summed E-state index contributed by atoms with van der Waals surface area (Å²) in [6.45, 7) is 2.44. The van der Waals surface area contributed by atoms with Gasteiger partial charge in [-0.2, -0.15) is 0 Å². The lowest BCUT2D eigenvalue weighted by atomic mass is 10.2. The van der Waals surface area contributed by atoms with Crippen molar-refractivity contribution in [2.45, 2.75) is 12.8 Å². The minimum atomic E-state index is -0.320. The molecule has 0 aliphatic carbocycles. The maximum absolute atomic E-state index is 13.9. The topological polar surface area (TPSA) is 29.0 Å². The van der Waals surface area contributed by atoms with E-state index in [9.17, 15) is 4.39 Å². The molecule has 0 spiro atoms. The molecule has 1 heterocycles. The van der Waals surface area contributed by atoms with Crippen LogP contribution in [-0.2, 0) is 5.88 Å². The van der Waals surface area contributed by atoms with Gasteiger partial charge in [-0.15, -0.1) is 11.6 Å². The molecule has 0 unspecified atom stereocenters. The quantitative estimate of drug-likeness (QED) is 0.627. The van der Waals surface area contributed by atoms with Crippen LogP contribution in [0.2, 0.25) is 5.15 Å². The van der Waals surface area contributed by atoms with E-state index in [0.717, 1.165) is 0 Å². The van der Waals surface area contributed by atoms with Crippen molar-refractivity contribution in [3.8, 4) is 0 Å². The second kappa shape index (κ2) is 6.17. The molecule has 100 valence electrons. The number of halogens is 3. The van der Waals surface area contributed by atoms with Gasteiger partial charge in [0.25, 0.3) is 0 Å². The lowest BCUT2D eigenvalue weighted by molar-refractivity contribution is 0.625. The van der Waals surface area contributed by atoms with Gasteiger partial charge in [-0.25, -0.2) is 14.4 Å². The molecule has 3 nitrogen and oxygen atoms in total. The first-order chi connectivity index (χ1) is 9.19. The Morgan fingerprint density at radius 3 is 2.63 bits per heavy atom. The zero-order chi connectivity index (χ0) is 13.8. The van der Waals surface area contributed by atoms with Crippen LogP contribution in [0.25, 0.3) is 0 Å². The number of hydrogen-bond donors (Lipinski definition) is 0. The van der Waals surface area contributed by atoms with Gasteiger partial charge in [0.1, 0.15) is 23.1 Å². The fourth-order valence-corrected chi connectivity index (χ4v) is 2.34. The van der Waals surface area contributed by atoms with E-state index in [1.807, 2.05) is 6.92 Å². The summed E-state index contributed by atoms with van der Waals surface area (Å²) in [7, 11) is 0. The van der Waals surface area contributed by atoms with Crippen molar-refractivity contribution < 1.29 is 4.39 Å². The van der Waals surface area contributed by atoms with Gasteiger partial charge in [0.05, 0.1) is 11.6 Å². The summed E-state index contributed by atoms with van der Waals surface area (Å²) in [6.07, 6.45) is 1.34. The third-order valence-electron chi connectivity index (χ3n) is 2.72. The van der Waals surface area contributed by atoms with Crippen LogP contribution >= 0.6 is 23.2 Å². The van der Waals surface area contributed by atoms with Crippen LogP contribution in [0.5, 0.6) is 0 Å². The van der Waals surface area contributed by atoms with Crippen molar-refractivity contribution in [1.29, 1.82) is 0 Å². The monoisotopic (exact) mass is 299 g/mol. The molecule has 6 heteroatoms. The van der Waals surface area contributed by atoms with Crippen LogP contribution in [0.4, 0.5) is 15.9 Å². The molecule has 0 atom stereocenters. The molecule has 0 radical (unpaired) electrons. The fraction of sp³-hybridized carbons (Fsp3) is 0.231. The summed E-state index contributed by atoms with van der Waals surface area (Å²) in [5.74, 6) is 0.377. The second-order valence-electron chi connectivity index (χ2n) is 3.80. The average molecular weight is 300 g/mol. The maximum atomic E-state index is 13.9. The fourth-order valence-electron chi connectivity index (χ4n) is 1.83. The summed E-state index contributed by atoms with van der Waals surface area (Å²) < 4.78 is 13.9. The van der Waals surface area contributed by atoms with E-state index < -0.39 is 0 Å². The number of benzene rings is 1. The molecule has 0 fully saturated rings. The third-order valence-corrected chi connectivity index (χ3v) is 3.31. The Bertz CT molecular complexity index is 578. The Balaban J connectivity index is 2.55. The average Bonchev–Trinajstić information content (AvgIpc) is 2.42. The van der Waals surface area contributed by atoms with Crippen molar-refractivity contribution in [3.63, 3.8) is 0 Å². The molecular weight excluding hydrogens is 288 g/mol. The van der Waals surface area contributed by atoms with Gasteiger partial charge in [-0.3, -0.25) is 0 Å². The Hall–Kier alpha value is -1.39. The van der Waals surface area contributed by atoms with Gasteiger partial charge in [0.15, 0.2) is 0 Å². The van der Waals surface area contributed by atoms with E-state index in [4.69, 9.17) is 23.2 Å². The molecule has 0 N–H and O–H groups in total. The van der Waals surface area contributed by atoms with Crippen LogP contribution < -0.4 is 4.90 Å². The number of rotatable bonds is 4. The normalized spacial score (nSPS) is 10.5. The Kier molecular flexibility index (Phi) is 4.56. The molecule has 0 aliphatic rings. The van der Waals surface area contributed by atoms with Crippen molar-refractivity contribution in [2.75, 3.05) is 11.4 Å². The number of aromatic nitrogens is 2. The summed E-state index contributed by atoms with van der Waals surface area (Å²) in [5.41, 5.74) is 1.03. The number of anilines is 2. The summed E-state index contributed by atoms with van der Waals surface area (Å²) in [6, 6.07) is 6.50. The largest absolute Gasteiger partial charge is 0.324 e. The summed E-state index contributed by atoms with van der Waals surface area (Å²) in [4.78, 5) is 9.79. The molecule has 1 aromatic carbocycles. The summed E-state index contributed by atoms with van der Waals surface area (Å²) >= 11 is 11.9. The molecule has 0 aliphatic heterocycles. The zero-order valence-corrected chi connectivity index (χ0v) is 11.8. The van der Waals surface area contributed by atoms with Crippen LogP contribution in [0.3, 0.4) is 0 Å². The molecule has 0 bridgehead atoms. The predicted molar refractivity (Wildman–Crippen MR) is 75.7 cm³/mol. The van der Waals surface area contributed by atoms with Gasteiger partial charge < -0.3 is 4.90 Å². The van der Waals surface area contributed by atoms with Crippen LogP contribution in [0.1, 0.15) is 12.5 Å². The first-order valence-electron chi connectivity index (χ1n) is 5.76. The van der Waals surface area contributed by atoms with Crippen LogP contribution in [0.15, 0.2) is 30.6 Å². The molecule has 1 aromatic heterocycles. The van der Waals surface area contributed by atoms with Crippen LogP contribution in [0, 0.1) is 5.82 Å². The highest BCUT2D eigenvalue weighted by molar-refractivity contribution is 6.31. The van der Waals surface area contributed by atoms with Gasteiger partial charge in [-0.1, -0.05) is 23.7 Å². The Morgan fingerprint density at radius 2 is 2.00 bits per heavy atom. The molecule has 0 amide bonds. The molecule has 2 rings (SSSR count). The SMILES string of the molecule is CCN(c1ccccc1F)c1ncnc(Cl)c1CCl. The van der Waals surface area contributed by atoms with Gasteiger partial charge >= 0.3 is 0 Å². The second-order valence-corrected chi connectivity index (χ2v) is 4.42. The highest BCUT2D eigenvalue weighted by Crippen LogP contribution is 2.31. The van der Waals surface area contributed by atoms with Crippen LogP contribution in [-0.4, -0.2) is 16.5 Å². The Labute approximate surface area is 121 Å². The molecular formula is C13H12Cl2FN3. The van der Waals surface area contributed by atoms with E-state index >= 15 is 0 Å². The predicted octanol–water partition coefficient (Wildman–Crippen LogP) is 4.17. The lowest BCUT2D eigenvalue weighted by Gasteiger charge is -2.24. The first-order valence-corrected chi connectivity index (χ1v) is 6.67. The molecule has 19 heavy (non-hydrogen) atoms. The van der Waals surface area contributed by atoms with Crippen molar-refractivity contribution in [1.82, 2.24) is 9.97 Å². The molecule has 0 saturated carbocycles. The minimum Gasteiger partial charge on any atom is -0.324 e. The maximum Gasteiger partial charge on any atom is 0.146 e. The van der Waals surface area contributed by atoms with E-state index in [-0.39, 0.29) is 16.9 Å². The lowest BCUT2D eigenvalue weighted by Crippen LogP contribution is -2.20. The smallest absolute Gasteiger partial charge is 0.146 e. The van der Waals surface area contributed by atoms with E-state index in [0.29, 0.717) is 23.6 Å². The number of hydrogen-bond acceptors (Lipinski definition) is 3. The van der Waals surface area contributed by atoms with Gasteiger partial charge in [-0.05, 0) is 19.1 Å². The number of para-hydroxylation sites is 1. The van der Waals surface area contributed by atoms with E-state index in [1.165, 1.54) is 12.4 Å². The van der Waals surface area contributed by atoms with E-state index in [2.05, 4.69) is 9.97 Å². The van der Waals surface area contributed by atoms with Crippen molar-refractivity contribution >= 4 is 34.7 Å². The van der Waals surface area contributed by atoms with Crippen molar-refractivity contribution in [3.05, 3.63) is 47.1 Å². The third kappa shape index (κ3) is 2.80. The molecule has 0 saturated heterocycles. The van der Waals surface area contributed by atoms with Gasteiger partial charge in [0, 0.05) is 12.1 Å². The molecule has 2 aromatic rings. The zero-order valence-electron chi connectivity index (χ0n) is 10.3. The Morgan fingerprint density at radius 1 is 1.26 bits per heavy atom. The first kappa shape index (κ1) is 14.0. The van der Waals surface area contributed by atoms with E-state index in [1.54, 1.807) is 23.1 Å². The highest BCUT2D eigenvalue weighted by atomic mass is 35.5. The standard InChI is InChI=1S/C13H12Cl2FN3/c1-2-19(11-6-4-3-5-10(11)16)13-9(7-14)12(15)17-8-18-13/h3-6,8H,2,7H2,1H3. The minimum absolute atomic E-state index is 0.167. The highest BCUT2D eigenvalue weighted by Gasteiger charge is 2.18. The summed E-state index contributed by atoms with van der Waals surface area (Å²) in [5, 5.41) is 0.287. The van der Waals surface area contributed by atoms with Gasteiger partial charge in [0.2, 0.25) is 0 Å². The number of nitrogens with zero attached hydrogens (tertiary/aromatic N) is 3. The van der Waals surface area contributed by atoms with Crippen molar-refractivity contribution in [2.24, 2.45) is 0 Å².